The van der Waals surface area contributed by atoms with Crippen molar-refractivity contribution in [3.05, 3.63) is 454 Å². The van der Waals surface area contributed by atoms with Gasteiger partial charge >= 0.3 is 0 Å². The first kappa shape index (κ1) is 79.0. The fraction of sp³-hybridized carbons (Fsp3) is 0.0252. The fourth-order valence-corrected chi connectivity index (χ4v) is 18.1. The van der Waals surface area contributed by atoms with Crippen molar-refractivity contribution in [2.75, 3.05) is 0 Å². The van der Waals surface area contributed by atoms with Crippen LogP contribution in [0.5, 0.6) is 0 Å². The van der Waals surface area contributed by atoms with Crippen molar-refractivity contribution in [3.8, 4) is 164 Å². The van der Waals surface area contributed by atoms with E-state index in [2.05, 4.69) is 206 Å². The van der Waals surface area contributed by atoms with Crippen LogP contribution in [-0.2, 0) is 5.41 Å². The van der Waals surface area contributed by atoms with Crippen LogP contribution in [0.1, 0.15) is 25.0 Å². The van der Waals surface area contributed by atoms with E-state index in [0.29, 0.717) is 46.6 Å². The van der Waals surface area contributed by atoms with Gasteiger partial charge in [0.15, 0.2) is 46.6 Å². The van der Waals surface area contributed by atoms with Crippen LogP contribution in [0.2, 0.25) is 0 Å². The Morgan fingerprint density at radius 2 is 0.500 bits per heavy atom. The number of benzene rings is 17. The number of furan rings is 2. The lowest BCUT2D eigenvalue weighted by molar-refractivity contribution is 0.661. The number of nitrogens with zero attached hydrogens (tertiary/aromatic N) is 11. The molecule has 13 heteroatoms. The number of hydrogen-bond acceptors (Lipinski definition) is 12. The van der Waals surface area contributed by atoms with E-state index in [-0.39, 0.29) is 5.41 Å². The van der Waals surface area contributed by atoms with Crippen LogP contribution < -0.4 is 0 Å². The number of fused-ring (bicyclic) bond motifs is 12. The van der Waals surface area contributed by atoms with Gasteiger partial charge in [-0.2, -0.15) is 0 Å². The Balaban J connectivity index is 0.000000113. The lowest BCUT2D eigenvalue weighted by atomic mass is 9.82. The molecule has 7 heterocycles. The van der Waals surface area contributed by atoms with E-state index < -0.39 is 0 Å². The number of aromatic nitrogens is 11. The third-order valence-electron chi connectivity index (χ3n) is 24.7. The maximum atomic E-state index is 6.34. The van der Waals surface area contributed by atoms with E-state index in [4.69, 9.17) is 58.7 Å². The third kappa shape index (κ3) is 15.2. The van der Waals surface area contributed by atoms with Crippen molar-refractivity contribution in [3.63, 3.8) is 0 Å². The molecule has 13 nitrogen and oxygen atoms in total. The summed E-state index contributed by atoms with van der Waals surface area (Å²) in [5, 5.41) is 6.76. The fourth-order valence-electron chi connectivity index (χ4n) is 18.1. The Bertz CT molecular complexity index is 8040. The average Bonchev–Trinajstić information content (AvgIpc) is 1.55. The number of rotatable bonds is 14. The van der Waals surface area contributed by atoms with Gasteiger partial charge in [-0.1, -0.05) is 360 Å². The summed E-state index contributed by atoms with van der Waals surface area (Å²) in [5.41, 5.74) is 29.6. The normalized spacial score (nSPS) is 11.9. The minimum atomic E-state index is -0.0875. The lowest BCUT2D eigenvalue weighted by Gasteiger charge is -2.21. The summed E-state index contributed by atoms with van der Waals surface area (Å²) in [7, 11) is 0. The van der Waals surface area contributed by atoms with Gasteiger partial charge in [0.25, 0.3) is 0 Å². The van der Waals surface area contributed by atoms with Crippen molar-refractivity contribution in [2.45, 2.75) is 19.3 Å². The van der Waals surface area contributed by atoms with Gasteiger partial charge in [0.2, 0.25) is 0 Å². The average molecular weight is 1700 g/mol. The molecule has 24 aromatic rings. The van der Waals surface area contributed by atoms with Crippen molar-refractivity contribution < 1.29 is 8.83 Å². The van der Waals surface area contributed by atoms with E-state index in [1.807, 2.05) is 255 Å². The van der Waals surface area contributed by atoms with Gasteiger partial charge in [-0.05, 0) is 130 Å². The summed E-state index contributed by atoms with van der Waals surface area (Å²) in [6.45, 7) is 4.68. The van der Waals surface area contributed by atoms with Gasteiger partial charge in [0.1, 0.15) is 22.3 Å². The highest BCUT2D eigenvalue weighted by molar-refractivity contribution is 6.12. The summed E-state index contributed by atoms with van der Waals surface area (Å²) >= 11 is 0. The van der Waals surface area contributed by atoms with Crippen molar-refractivity contribution in [1.29, 1.82) is 0 Å². The second kappa shape index (κ2) is 33.9. The zero-order valence-corrected chi connectivity index (χ0v) is 71.9. The Morgan fingerprint density at radius 1 is 0.182 bits per heavy atom. The molecule has 0 spiro atoms. The molecule has 0 radical (unpaired) electrons. The predicted molar refractivity (Wildman–Crippen MR) is 534 cm³/mol. The molecule has 1 aliphatic rings. The second-order valence-corrected chi connectivity index (χ2v) is 33.4. The van der Waals surface area contributed by atoms with Crippen LogP contribution in [0, 0.1) is 0 Å². The molecule has 0 bridgehead atoms. The van der Waals surface area contributed by atoms with E-state index in [0.717, 1.165) is 150 Å². The summed E-state index contributed by atoms with van der Waals surface area (Å²) < 4.78 is 14.7. The minimum Gasteiger partial charge on any atom is -0.456 e. The molecule has 0 amide bonds. The SMILES string of the molecule is CC1(C)c2ccccc2-c2cc3c4ccccc4n(-c4cccc(-c5nc(-c6ccccc6)nc(-c6ccccc6)n5)c4)c3cc21.c1ccc(-c2cc(-c3ccc4oc5ccc(-c6cc(-c7ccccc7)nc(-c7ccccc7)n6)cc5c4c3)nc(-c3ccccc3)n2)cc1.c1ccc(-c2nc(-c3ccccc3)nc(-c3ccc(-c4ccc5oc6ccccc6c5c4)cc3)n2)cc1. The van der Waals surface area contributed by atoms with Crippen LogP contribution in [0.4, 0.5) is 0 Å². The van der Waals surface area contributed by atoms with Crippen LogP contribution in [0.15, 0.2) is 452 Å². The summed E-state index contributed by atoms with van der Waals surface area (Å²) in [4.78, 5) is 49.4. The Labute approximate surface area is 761 Å². The molecule has 0 saturated carbocycles. The van der Waals surface area contributed by atoms with E-state index >= 15 is 0 Å². The summed E-state index contributed by atoms with van der Waals surface area (Å²) in [6, 6.07) is 151. The molecular weight excluding hydrogens is 1620 g/mol. The first-order chi connectivity index (χ1) is 65.1. The van der Waals surface area contributed by atoms with Crippen LogP contribution >= 0.6 is 0 Å². The Hall–Kier alpha value is -17.7. The molecule has 1 aliphatic carbocycles. The van der Waals surface area contributed by atoms with Crippen LogP contribution in [0.3, 0.4) is 0 Å². The molecule has 0 aliphatic heterocycles. The molecule has 0 unspecified atom stereocenters. The Morgan fingerprint density at radius 3 is 0.955 bits per heavy atom. The van der Waals surface area contributed by atoms with Gasteiger partial charge in [0, 0.05) is 110 Å². The molecule has 0 saturated heterocycles. The van der Waals surface area contributed by atoms with E-state index in [1.54, 1.807) is 0 Å². The highest BCUT2D eigenvalue weighted by Gasteiger charge is 2.36. The molecule has 132 heavy (non-hydrogen) atoms. The van der Waals surface area contributed by atoms with Gasteiger partial charge in [-0.25, -0.2) is 49.8 Å². The zero-order chi connectivity index (χ0) is 88.0. The van der Waals surface area contributed by atoms with Crippen LogP contribution in [0.25, 0.3) is 230 Å². The molecular formula is C119H79N11O2. The maximum absolute atomic E-state index is 6.34. The molecule has 0 fully saturated rings. The topological polar surface area (TPSA) is 160 Å². The second-order valence-electron chi connectivity index (χ2n) is 33.4. The Kier molecular flexibility index (Phi) is 20.3. The van der Waals surface area contributed by atoms with Crippen LogP contribution in [-0.4, -0.2) is 54.4 Å². The van der Waals surface area contributed by atoms with E-state index in [1.165, 1.54) is 44.1 Å². The molecule has 0 N–H and O–H groups in total. The summed E-state index contributed by atoms with van der Waals surface area (Å²) in [5.74, 6) is 5.29. The quantitative estimate of drug-likeness (QED) is 0.102. The first-order valence-corrected chi connectivity index (χ1v) is 44.1. The zero-order valence-electron chi connectivity index (χ0n) is 71.9. The lowest BCUT2D eigenvalue weighted by Crippen LogP contribution is -2.14. The molecule has 25 rings (SSSR count). The monoisotopic (exact) mass is 1690 g/mol. The predicted octanol–water partition coefficient (Wildman–Crippen LogP) is 29.9. The van der Waals surface area contributed by atoms with Crippen molar-refractivity contribution >= 4 is 65.7 Å². The molecule has 0 atom stereocenters. The highest BCUT2D eigenvalue weighted by atomic mass is 16.3. The number of hydrogen-bond donors (Lipinski definition) is 0. The van der Waals surface area contributed by atoms with Gasteiger partial charge in [0.05, 0.1) is 33.8 Å². The summed E-state index contributed by atoms with van der Waals surface area (Å²) in [6.07, 6.45) is 0. The smallest absolute Gasteiger partial charge is 0.164 e. The van der Waals surface area contributed by atoms with Crippen molar-refractivity contribution in [1.82, 2.24) is 54.4 Å². The van der Waals surface area contributed by atoms with E-state index in [9.17, 15) is 0 Å². The largest absolute Gasteiger partial charge is 0.456 e. The van der Waals surface area contributed by atoms with Gasteiger partial charge in [-0.15, -0.1) is 0 Å². The maximum Gasteiger partial charge on any atom is 0.164 e. The molecule has 622 valence electrons. The molecule has 17 aromatic carbocycles. The highest BCUT2D eigenvalue weighted by Crippen LogP contribution is 2.52. The van der Waals surface area contributed by atoms with Gasteiger partial charge in [-0.3, -0.25) is 0 Å². The minimum absolute atomic E-state index is 0.0875. The van der Waals surface area contributed by atoms with Gasteiger partial charge < -0.3 is 13.4 Å². The van der Waals surface area contributed by atoms with Crippen molar-refractivity contribution in [2.24, 2.45) is 0 Å². The number of para-hydroxylation sites is 2. The molecule has 7 aromatic heterocycles. The first-order valence-electron chi connectivity index (χ1n) is 44.1. The standard InChI is InChI=1S/C44H28N4O.C42H30N4.C33H21N3O/c1-5-13-29(14-6-1)37-27-39(47-43(45-37)31-17-9-3-10-18-31)33-21-23-41-35(25-33)36-26-34(22-24-42(36)49-41)40-28-38(30-15-7-2-8-16-30)46-44(48-40)32-19-11-4-12-20-32;1-42(2)35-22-11-9-20-31(35)33-25-34-32-21-10-12-23-37(32)46(38(34)26-36(33)42)30-19-13-18-29(24-30)41-44-39(27-14-5-3-6-15-27)43-40(45-41)28-16-7-4-8-17-28;1-3-9-23(10-4-1)31-34-32(24-11-5-2-6-12-24)36-33(35-31)25-17-15-22(16-18-25)26-19-20-30-28(21-26)27-13-7-8-14-29(27)37-30/h1-28H;3-26H,1-2H3;1-21H. The third-order valence-corrected chi connectivity index (χ3v) is 24.7.